The number of methoxy groups -OCH3 is 2. The van der Waals surface area contributed by atoms with Gasteiger partial charge in [0.15, 0.2) is 0 Å². The van der Waals surface area contributed by atoms with Gasteiger partial charge in [0.25, 0.3) is 0 Å². The third-order valence-corrected chi connectivity index (χ3v) is 4.05. The molecule has 2 N–H and O–H groups in total. The number of benzene rings is 1. The standard InChI is InChI=1S/C16H26N2O2/c1-19-11-10-18-9-4-3-8-15(17)16(18)13-6-5-7-14(12-13)20-2/h5-7,12,15-16H,3-4,8-11,17H2,1-2H3. The minimum atomic E-state index is 0.168. The summed E-state index contributed by atoms with van der Waals surface area (Å²) in [4.78, 5) is 2.45. The predicted molar refractivity (Wildman–Crippen MR) is 81.0 cm³/mol. The van der Waals surface area contributed by atoms with Gasteiger partial charge < -0.3 is 15.2 Å². The maximum absolute atomic E-state index is 6.44. The largest absolute Gasteiger partial charge is 0.497 e. The van der Waals surface area contributed by atoms with E-state index in [1.807, 2.05) is 12.1 Å². The number of ether oxygens (including phenoxy) is 2. The van der Waals surface area contributed by atoms with E-state index in [1.54, 1.807) is 14.2 Å². The average Bonchev–Trinajstić information content (AvgIpc) is 2.66. The van der Waals surface area contributed by atoms with Gasteiger partial charge in [-0.25, -0.2) is 0 Å². The van der Waals surface area contributed by atoms with E-state index < -0.39 is 0 Å². The number of nitrogens with zero attached hydrogens (tertiary/aromatic N) is 1. The molecule has 1 aliphatic rings. The molecule has 0 aliphatic carbocycles. The lowest BCUT2D eigenvalue weighted by Crippen LogP contribution is -2.41. The van der Waals surface area contributed by atoms with Gasteiger partial charge in [-0.2, -0.15) is 0 Å². The van der Waals surface area contributed by atoms with Crippen LogP contribution in [-0.4, -0.2) is 44.9 Å². The number of hydrogen-bond donors (Lipinski definition) is 1. The van der Waals surface area contributed by atoms with Crippen molar-refractivity contribution < 1.29 is 9.47 Å². The molecule has 1 aromatic carbocycles. The first-order valence-electron chi connectivity index (χ1n) is 7.38. The van der Waals surface area contributed by atoms with Gasteiger partial charge >= 0.3 is 0 Å². The van der Waals surface area contributed by atoms with Crippen molar-refractivity contribution in [3.05, 3.63) is 29.8 Å². The van der Waals surface area contributed by atoms with Gasteiger partial charge in [0.2, 0.25) is 0 Å². The first kappa shape index (κ1) is 15.3. The topological polar surface area (TPSA) is 47.7 Å². The zero-order valence-corrected chi connectivity index (χ0v) is 12.5. The fourth-order valence-electron chi connectivity index (χ4n) is 3.01. The number of likely N-dealkylation sites (tertiary alicyclic amines) is 1. The summed E-state index contributed by atoms with van der Waals surface area (Å²) in [6.45, 7) is 2.75. The smallest absolute Gasteiger partial charge is 0.119 e. The zero-order valence-electron chi connectivity index (χ0n) is 12.5. The average molecular weight is 278 g/mol. The van der Waals surface area contributed by atoms with Crippen molar-refractivity contribution in [3.63, 3.8) is 0 Å². The first-order chi connectivity index (χ1) is 9.76. The Kier molecular flexibility index (Phi) is 5.83. The molecule has 1 aliphatic heterocycles. The Morgan fingerprint density at radius 2 is 2.15 bits per heavy atom. The minimum absolute atomic E-state index is 0.168. The molecule has 0 spiro atoms. The second-order valence-corrected chi connectivity index (χ2v) is 5.41. The maximum Gasteiger partial charge on any atom is 0.119 e. The molecule has 1 saturated heterocycles. The zero-order chi connectivity index (χ0) is 14.4. The van der Waals surface area contributed by atoms with Crippen LogP contribution in [0.2, 0.25) is 0 Å². The monoisotopic (exact) mass is 278 g/mol. The molecule has 0 bridgehead atoms. The molecule has 0 saturated carbocycles. The van der Waals surface area contributed by atoms with Crippen LogP contribution in [0.5, 0.6) is 5.75 Å². The summed E-state index contributed by atoms with van der Waals surface area (Å²) in [7, 11) is 3.45. The van der Waals surface area contributed by atoms with Crippen LogP contribution in [0.3, 0.4) is 0 Å². The van der Waals surface area contributed by atoms with E-state index in [4.69, 9.17) is 15.2 Å². The lowest BCUT2D eigenvalue weighted by Gasteiger charge is -2.33. The normalized spacial score (nSPS) is 24.4. The van der Waals surface area contributed by atoms with Crippen molar-refractivity contribution in [2.75, 3.05) is 33.9 Å². The number of nitrogens with two attached hydrogens (primary N) is 1. The van der Waals surface area contributed by atoms with Gasteiger partial charge in [-0.05, 0) is 37.1 Å². The molecule has 2 unspecified atom stereocenters. The summed E-state index contributed by atoms with van der Waals surface area (Å²) < 4.78 is 10.6. The molecule has 0 radical (unpaired) electrons. The van der Waals surface area contributed by atoms with Crippen molar-refractivity contribution in [2.24, 2.45) is 5.73 Å². The van der Waals surface area contributed by atoms with E-state index in [1.165, 1.54) is 18.4 Å². The van der Waals surface area contributed by atoms with E-state index in [9.17, 15) is 0 Å². The highest BCUT2D eigenvalue weighted by molar-refractivity contribution is 5.31. The van der Waals surface area contributed by atoms with Gasteiger partial charge in [-0.1, -0.05) is 18.6 Å². The van der Waals surface area contributed by atoms with Crippen LogP contribution in [0.4, 0.5) is 0 Å². The Labute approximate surface area is 121 Å². The summed E-state index contributed by atoms with van der Waals surface area (Å²) in [6.07, 6.45) is 3.48. The third-order valence-electron chi connectivity index (χ3n) is 4.05. The summed E-state index contributed by atoms with van der Waals surface area (Å²) in [5, 5.41) is 0. The molecule has 1 aromatic rings. The van der Waals surface area contributed by atoms with Crippen molar-refractivity contribution in [3.8, 4) is 5.75 Å². The molecule has 2 rings (SSSR count). The fraction of sp³-hybridized carbons (Fsp3) is 0.625. The van der Waals surface area contributed by atoms with Crippen LogP contribution in [0.1, 0.15) is 30.9 Å². The van der Waals surface area contributed by atoms with Crippen molar-refractivity contribution in [1.82, 2.24) is 4.90 Å². The van der Waals surface area contributed by atoms with Gasteiger partial charge in [0.05, 0.1) is 19.8 Å². The first-order valence-corrected chi connectivity index (χ1v) is 7.38. The van der Waals surface area contributed by atoms with E-state index in [-0.39, 0.29) is 12.1 Å². The Morgan fingerprint density at radius 3 is 2.90 bits per heavy atom. The number of rotatable bonds is 5. The Bertz CT molecular complexity index is 411. The van der Waals surface area contributed by atoms with E-state index >= 15 is 0 Å². The Morgan fingerprint density at radius 1 is 1.30 bits per heavy atom. The van der Waals surface area contributed by atoms with Crippen LogP contribution in [0.25, 0.3) is 0 Å². The lowest BCUT2D eigenvalue weighted by molar-refractivity contribution is 0.115. The van der Waals surface area contributed by atoms with Gasteiger partial charge in [-0.15, -0.1) is 0 Å². The molecule has 20 heavy (non-hydrogen) atoms. The maximum atomic E-state index is 6.44. The predicted octanol–water partition coefficient (Wildman–Crippen LogP) is 2.20. The second-order valence-electron chi connectivity index (χ2n) is 5.41. The van der Waals surface area contributed by atoms with Crippen molar-refractivity contribution in [2.45, 2.75) is 31.3 Å². The summed E-state index contributed by atoms with van der Waals surface area (Å²) in [5.74, 6) is 0.894. The second kappa shape index (κ2) is 7.62. The molecule has 1 heterocycles. The Hall–Kier alpha value is -1.10. The molecule has 0 amide bonds. The van der Waals surface area contributed by atoms with Gasteiger partial charge in [-0.3, -0.25) is 4.90 Å². The molecule has 4 heteroatoms. The van der Waals surface area contributed by atoms with Crippen LogP contribution < -0.4 is 10.5 Å². The molecular weight excluding hydrogens is 252 g/mol. The summed E-state index contributed by atoms with van der Waals surface area (Å²) in [6, 6.07) is 8.70. The van der Waals surface area contributed by atoms with E-state index in [2.05, 4.69) is 17.0 Å². The van der Waals surface area contributed by atoms with Crippen LogP contribution >= 0.6 is 0 Å². The minimum Gasteiger partial charge on any atom is -0.497 e. The van der Waals surface area contributed by atoms with Crippen molar-refractivity contribution >= 4 is 0 Å². The third kappa shape index (κ3) is 3.72. The molecule has 112 valence electrons. The molecule has 1 fully saturated rings. The quantitative estimate of drug-likeness (QED) is 0.897. The highest BCUT2D eigenvalue weighted by Crippen LogP contribution is 2.31. The Balaban J connectivity index is 2.24. The SMILES string of the molecule is COCCN1CCCCC(N)C1c1cccc(OC)c1. The van der Waals surface area contributed by atoms with Gasteiger partial charge in [0, 0.05) is 19.7 Å². The molecule has 2 atom stereocenters. The molecule has 0 aromatic heterocycles. The lowest BCUT2D eigenvalue weighted by atomic mass is 9.96. The van der Waals surface area contributed by atoms with Crippen molar-refractivity contribution in [1.29, 1.82) is 0 Å². The fourth-order valence-corrected chi connectivity index (χ4v) is 3.01. The summed E-state index contributed by atoms with van der Waals surface area (Å²) >= 11 is 0. The number of hydrogen-bond acceptors (Lipinski definition) is 4. The summed E-state index contributed by atoms with van der Waals surface area (Å²) in [5.41, 5.74) is 7.69. The van der Waals surface area contributed by atoms with Gasteiger partial charge in [0.1, 0.15) is 5.75 Å². The van der Waals surface area contributed by atoms with Crippen LogP contribution in [0, 0.1) is 0 Å². The molecular formula is C16H26N2O2. The highest BCUT2D eigenvalue weighted by Gasteiger charge is 2.28. The van der Waals surface area contributed by atoms with Crippen LogP contribution in [0.15, 0.2) is 24.3 Å². The van der Waals surface area contributed by atoms with E-state index in [0.717, 1.165) is 31.9 Å². The highest BCUT2D eigenvalue weighted by atomic mass is 16.5. The van der Waals surface area contributed by atoms with E-state index in [0.29, 0.717) is 0 Å². The molecule has 4 nitrogen and oxygen atoms in total. The van der Waals surface area contributed by atoms with Crippen LogP contribution in [-0.2, 0) is 4.74 Å².